The van der Waals surface area contributed by atoms with Gasteiger partial charge in [-0.2, -0.15) is 0 Å². The second-order valence-corrected chi connectivity index (χ2v) is 15.3. The van der Waals surface area contributed by atoms with E-state index in [0.717, 1.165) is 66.3 Å². The summed E-state index contributed by atoms with van der Waals surface area (Å²) >= 11 is 0. The highest BCUT2D eigenvalue weighted by Gasteiger charge is 2.36. The summed E-state index contributed by atoms with van der Waals surface area (Å²) in [5, 5.41) is 4.97. The van der Waals surface area contributed by atoms with Crippen molar-refractivity contribution in [3.05, 3.63) is 203 Å². The maximum absolute atomic E-state index is 14.9. The van der Waals surface area contributed by atoms with Gasteiger partial charge in [0.05, 0.1) is 22.2 Å². The van der Waals surface area contributed by atoms with E-state index in [0.29, 0.717) is 5.39 Å². The summed E-state index contributed by atoms with van der Waals surface area (Å²) in [5.41, 5.74) is 14.7. The van der Waals surface area contributed by atoms with E-state index >= 15 is 0 Å². The molecule has 0 fully saturated rings. The van der Waals surface area contributed by atoms with E-state index in [9.17, 15) is 4.79 Å². The summed E-state index contributed by atoms with van der Waals surface area (Å²) in [4.78, 5) is 14.9. The van der Waals surface area contributed by atoms with Crippen LogP contribution >= 0.6 is 0 Å². The van der Waals surface area contributed by atoms with Gasteiger partial charge in [-0.3, -0.25) is 9.36 Å². The van der Waals surface area contributed by atoms with Gasteiger partial charge >= 0.3 is 0 Å². The third-order valence-electron chi connectivity index (χ3n) is 11.9. The second-order valence-electron chi connectivity index (χ2n) is 15.3. The molecule has 3 heteroatoms. The first-order chi connectivity index (χ1) is 27.0. The topological polar surface area (TPSA) is 26.9 Å². The van der Waals surface area contributed by atoms with Gasteiger partial charge in [0.25, 0.3) is 5.56 Å². The number of para-hydroxylation sites is 1. The zero-order valence-electron chi connectivity index (χ0n) is 30.6. The van der Waals surface area contributed by atoms with Crippen LogP contribution in [-0.2, 0) is 5.41 Å². The Hall–Kier alpha value is -6.97. The van der Waals surface area contributed by atoms with Crippen LogP contribution in [0.25, 0.3) is 88.2 Å². The quantitative estimate of drug-likeness (QED) is 0.168. The predicted octanol–water partition coefficient (Wildman–Crippen LogP) is 12.9. The van der Waals surface area contributed by atoms with Crippen LogP contribution in [0, 0.1) is 0 Å². The van der Waals surface area contributed by atoms with Crippen LogP contribution in [0.1, 0.15) is 25.0 Å². The van der Waals surface area contributed by atoms with Crippen LogP contribution in [-0.4, -0.2) is 9.13 Å². The lowest BCUT2D eigenvalue weighted by Gasteiger charge is -2.21. The van der Waals surface area contributed by atoms with E-state index in [1.54, 1.807) is 0 Å². The van der Waals surface area contributed by atoms with Gasteiger partial charge in [0.2, 0.25) is 0 Å². The molecule has 0 aliphatic heterocycles. The number of aromatic nitrogens is 2. The molecule has 10 aromatic rings. The molecule has 55 heavy (non-hydrogen) atoms. The first kappa shape index (κ1) is 31.5. The molecule has 0 spiro atoms. The molecule has 1 aliphatic rings. The lowest BCUT2D eigenvalue weighted by molar-refractivity contribution is 0.661. The van der Waals surface area contributed by atoms with Crippen molar-refractivity contribution in [2.75, 3.05) is 0 Å². The van der Waals surface area contributed by atoms with E-state index in [4.69, 9.17) is 0 Å². The molecule has 0 bridgehead atoms. The fourth-order valence-electron chi connectivity index (χ4n) is 9.20. The summed E-state index contributed by atoms with van der Waals surface area (Å²) in [5.74, 6) is 0. The Morgan fingerprint density at radius 1 is 0.364 bits per heavy atom. The molecule has 1 aliphatic carbocycles. The van der Waals surface area contributed by atoms with Crippen LogP contribution in [0.3, 0.4) is 0 Å². The van der Waals surface area contributed by atoms with Crippen LogP contribution in [0.2, 0.25) is 0 Å². The fourth-order valence-corrected chi connectivity index (χ4v) is 9.20. The third-order valence-corrected chi connectivity index (χ3v) is 11.9. The van der Waals surface area contributed by atoms with Crippen LogP contribution < -0.4 is 5.56 Å². The molecule has 0 saturated heterocycles. The smallest absolute Gasteiger partial charge is 0.263 e. The summed E-state index contributed by atoms with van der Waals surface area (Å²) in [6.07, 6.45) is 0. The first-order valence-electron chi connectivity index (χ1n) is 19.0. The Bertz CT molecular complexity index is 3230. The maximum atomic E-state index is 14.9. The molecular weight excluding hydrogens is 669 g/mol. The van der Waals surface area contributed by atoms with E-state index in [1.807, 2.05) is 22.8 Å². The highest BCUT2D eigenvalue weighted by atomic mass is 16.1. The summed E-state index contributed by atoms with van der Waals surface area (Å²) in [6, 6.07) is 64.4. The normalized spacial score (nSPS) is 13.1. The number of benzene rings is 8. The van der Waals surface area contributed by atoms with Crippen molar-refractivity contribution < 1.29 is 0 Å². The zero-order valence-corrected chi connectivity index (χ0v) is 30.6. The van der Waals surface area contributed by atoms with Gasteiger partial charge < -0.3 is 4.57 Å². The summed E-state index contributed by atoms with van der Waals surface area (Å²) in [6.45, 7) is 4.67. The van der Waals surface area contributed by atoms with Crippen LogP contribution in [0.15, 0.2) is 187 Å². The first-order valence-corrected chi connectivity index (χ1v) is 19.0. The average Bonchev–Trinajstić information content (AvgIpc) is 3.68. The highest BCUT2D eigenvalue weighted by molar-refractivity contribution is 6.13. The molecular formula is C52H36N2O. The Labute approximate surface area is 319 Å². The molecule has 0 N–H and O–H groups in total. The Kier molecular flexibility index (Phi) is 6.75. The van der Waals surface area contributed by atoms with Gasteiger partial charge in [0.15, 0.2) is 0 Å². The monoisotopic (exact) mass is 704 g/mol. The number of nitrogens with zero attached hydrogens (tertiary/aromatic N) is 2. The molecule has 0 atom stereocenters. The number of hydrogen-bond donors (Lipinski definition) is 0. The Balaban J connectivity index is 1.21. The Morgan fingerprint density at radius 2 is 0.927 bits per heavy atom. The van der Waals surface area contributed by atoms with Gasteiger partial charge in [-0.25, -0.2) is 0 Å². The van der Waals surface area contributed by atoms with Crippen LogP contribution in [0.4, 0.5) is 0 Å². The molecule has 3 nitrogen and oxygen atoms in total. The molecule has 2 aromatic heterocycles. The maximum Gasteiger partial charge on any atom is 0.263 e. The largest absolute Gasteiger partial charge is 0.309 e. The minimum absolute atomic E-state index is 0.0303. The molecule has 0 radical (unpaired) electrons. The molecule has 8 aromatic carbocycles. The van der Waals surface area contributed by atoms with E-state index in [2.05, 4.69) is 182 Å². The van der Waals surface area contributed by atoms with Crippen molar-refractivity contribution in [1.29, 1.82) is 0 Å². The molecule has 260 valence electrons. The minimum atomic E-state index is -0.125. The molecule has 11 rings (SSSR count). The molecule has 2 heterocycles. The average molecular weight is 705 g/mol. The molecule has 0 amide bonds. The van der Waals surface area contributed by atoms with Crippen molar-refractivity contribution in [3.63, 3.8) is 0 Å². The van der Waals surface area contributed by atoms with Crippen molar-refractivity contribution >= 4 is 43.5 Å². The van der Waals surface area contributed by atoms with E-state index in [1.165, 1.54) is 27.6 Å². The number of hydrogen-bond acceptors (Lipinski definition) is 1. The predicted molar refractivity (Wildman–Crippen MR) is 230 cm³/mol. The lowest BCUT2D eigenvalue weighted by Crippen LogP contribution is -2.19. The van der Waals surface area contributed by atoms with Crippen molar-refractivity contribution in [1.82, 2.24) is 9.13 Å². The number of pyridine rings is 1. The van der Waals surface area contributed by atoms with Gasteiger partial charge in [-0.05, 0) is 117 Å². The highest BCUT2D eigenvalue weighted by Crippen LogP contribution is 2.51. The van der Waals surface area contributed by atoms with Gasteiger partial charge in [-0.15, -0.1) is 0 Å². The lowest BCUT2D eigenvalue weighted by atomic mass is 9.82. The SMILES string of the molecule is CC1(C)c2ccccc2-c2cc3c4cc(-n5c(=O)c6ccc(-c7ccccc7)cc6c6cc(-c7ccccc7)ccc65)ccc4n(-c4ccccc4)c3cc21. The van der Waals surface area contributed by atoms with Gasteiger partial charge in [0, 0.05) is 32.6 Å². The van der Waals surface area contributed by atoms with E-state index < -0.39 is 0 Å². The summed E-state index contributed by atoms with van der Waals surface area (Å²) < 4.78 is 4.30. The molecule has 0 saturated carbocycles. The molecule has 0 unspecified atom stereocenters. The number of rotatable bonds is 4. The van der Waals surface area contributed by atoms with Crippen molar-refractivity contribution in [3.8, 4) is 44.8 Å². The summed E-state index contributed by atoms with van der Waals surface area (Å²) in [7, 11) is 0. The van der Waals surface area contributed by atoms with Gasteiger partial charge in [0.1, 0.15) is 0 Å². The number of fused-ring (bicyclic) bond motifs is 9. The second kappa shape index (κ2) is 11.8. The van der Waals surface area contributed by atoms with Crippen molar-refractivity contribution in [2.24, 2.45) is 0 Å². The standard InChI is InChI=1S/C52H36N2O/c1-52(2)46-21-13-12-20-39(46)42-31-45-44-30-38(24-27-48(44)53(50(45)32-47(42)52)37-18-10-5-11-19-37)54-49-26-23-36(34-16-8-4-9-17-34)29-43(49)41-28-35(22-25-40(41)51(54)55)33-14-6-3-7-15-33/h3-32H,1-2H3. The Morgan fingerprint density at radius 3 is 1.65 bits per heavy atom. The van der Waals surface area contributed by atoms with Crippen molar-refractivity contribution in [2.45, 2.75) is 19.3 Å². The zero-order chi connectivity index (χ0) is 36.8. The fraction of sp³-hybridized carbons (Fsp3) is 0.0577. The minimum Gasteiger partial charge on any atom is -0.309 e. The third kappa shape index (κ3) is 4.66. The van der Waals surface area contributed by atoms with Crippen LogP contribution in [0.5, 0.6) is 0 Å². The van der Waals surface area contributed by atoms with Gasteiger partial charge in [-0.1, -0.05) is 129 Å². The van der Waals surface area contributed by atoms with E-state index in [-0.39, 0.29) is 11.0 Å².